The van der Waals surface area contributed by atoms with Gasteiger partial charge in [0.05, 0.1) is 22.7 Å². The van der Waals surface area contributed by atoms with Crippen molar-refractivity contribution < 1.29 is 23.5 Å². The fourth-order valence-electron chi connectivity index (χ4n) is 3.19. The minimum atomic E-state index is -0.625. The zero-order valence-corrected chi connectivity index (χ0v) is 17.7. The van der Waals surface area contributed by atoms with Crippen molar-refractivity contribution >= 4 is 39.5 Å². The minimum Gasteiger partial charge on any atom is -0.491 e. The van der Waals surface area contributed by atoms with Crippen LogP contribution >= 0.6 is 27.5 Å². The van der Waals surface area contributed by atoms with E-state index in [1.165, 1.54) is 0 Å². The Morgan fingerprint density at radius 2 is 2.11 bits per heavy atom. The number of halogens is 3. The molecule has 0 aliphatic carbocycles. The fraction of sp³-hybridized carbons (Fsp3) is 0.556. The SMILES string of the molecule is CC(C)(C)OC(=O)N1CCN2C(=O)c3cc(F)c(Br)c(Cl)c3OCCC2C1. The van der Waals surface area contributed by atoms with Gasteiger partial charge in [-0.2, -0.15) is 0 Å². The lowest BCUT2D eigenvalue weighted by Gasteiger charge is -2.42. The molecular weight excluding hydrogens is 443 g/mol. The van der Waals surface area contributed by atoms with Crippen LogP contribution in [0.25, 0.3) is 0 Å². The molecule has 1 fully saturated rings. The predicted octanol–water partition coefficient (Wildman–Crippen LogP) is 4.09. The van der Waals surface area contributed by atoms with Crippen LogP contribution in [0.15, 0.2) is 10.5 Å². The second kappa shape index (κ2) is 7.47. The van der Waals surface area contributed by atoms with Gasteiger partial charge < -0.3 is 19.3 Å². The summed E-state index contributed by atoms with van der Waals surface area (Å²) in [5.74, 6) is -0.796. The molecule has 3 rings (SSSR count). The molecule has 2 aliphatic heterocycles. The number of ether oxygens (including phenoxy) is 2. The molecule has 1 atom stereocenters. The second-order valence-electron chi connectivity index (χ2n) is 7.58. The molecule has 6 nitrogen and oxygen atoms in total. The number of amides is 2. The van der Waals surface area contributed by atoms with Gasteiger partial charge in [-0.3, -0.25) is 4.79 Å². The lowest BCUT2D eigenvalue weighted by molar-refractivity contribution is 0.00108. The first-order valence-corrected chi connectivity index (χ1v) is 9.85. The first-order chi connectivity index (χ1) is 12.6. The van der Waals surface area contributed by atoms with E-state index in [1.54, 1.807) is 9.80 Å². The van der Waals surface area contributed by atoms with Gasteiger partial charge >= 0.3 is 6.09 Å². The van der Waals surface area contributed by atoms with Crippen LogP contribution in [0, 0.1) is 5.82 Å². The molecule has 1 saturated heterocycles. The second-order valence-corrected chi connectivity index (χ2v) is 8.75. The Bertz CT molecular complexity index is 784. The van der Waals surface area contributed by atoms with Gasteiger partial charge in [0.25, 0.3) is 5.91 Å². The smallest absolute Gasteiger partial charge is 0.410 e. The highest BCUT2D eigenvalue weighted by Gasteiger charge is 2.37. The van der Waals surface area contributed by atoms with E-state index in [0.29, 0.717) is 32.7 Å². The van der Waals surface area contributed by atoms with E-state index in [1.807, 2.05) is 20.8 Å². The molecule has 0 N–H and O–H groups in total. The van der Waals surface area contributed by atoms with Crippen LogP contribution < -0.4 is 4.74 Å². The van der Waals surface area contributed by atoms with Crippen molar-refractivity contribution in [2.75, 3.05) is 26.2 Å². The molecule has 0 saturated carbocycles. The van der Waals surface area contributed by atoms with E-state index >= 15 is 0 Å². The highest BCUT2D eigenvalue weighted by Crippen LogP contribution is 2.39. The van der Waals surface area contributed by atoms with E-state index in [-0.39, 0.29) is 32.8 Å². The number of piperazine rings is 1. The Kier molecular flexibility index (Phi) is 5.59. The molecule has 27 heavy (non-hydrogen) atoms. The summed E-state index contributed by atoms with van der Waals surface area (Å²) in [5.41, 5.74) is -0.495. The molecule has 0 radical (unpaired) electrons. The molecule has 2 amide bonds. The largest absolute Gasteiger partial charge is 0.491 e. The number of carbonyl (C=O) groups is 2. The maximum atomic E-state index is 14.1. The summed E-state index contributed by atoms with van der Waals surface area (Å²) in [6.45, 7) is 6.73. The maximum absolute atomic E-state index is 14.1. The third kappa shape index (κ3) is 4.16. The average Bonchev–Trinajstić information content (AvgIpc) is 2.58. The summed E-state index contributed by atoms with van der Waals surface area (Å²) in [5, 5.41) is 0.0455. The molecule has 2 aliphatic rings. The van der Waals surface area contributed by atoms with Gasteiger partial charge in [-0.05, 0) is 42.8 Å². The van der Waals surface area contributed by atoms with Crippen LogP contribution in [0.2, 0.25) is 5.02 Å². The highest BCUT2D eigenvalue weighted by atomic mass is 79.9. The molecular formula is C18H21BrClFN2O4. The normalized spacial score (nSPS) is 20.2. The summed E-state index contributed by atoms with van der Waals surface area (Å²) < 4.78 is 25.3. The molecule has 0 bridgehead atoms. The van der Waals surface area contributed by atoms with Crippen molar-refractivity contribution in [3.63, 3.8) is 0 Å². The Morgan fingerprint density at radius 3 is 2.78 bits per heavy atom. The molecule has 1 aromatic rings. The van der Waals surface area contributed by atoms with E-state index in [9.17, 15) is 14.0 Å². The van der Waals surface area contributed by atoms with Gasteiger partial charge in [-0.15, -0.1) is 0 Å². The van der Waals surface area contributed by atoms with E-state index in [4.69, 9.17) is 21.1 Å². The number of fused-ring (bicyclic) bond motifs is 2. The van der Waals surface area contributed by atoms with Crippen LogP contribution in [0.4, 0.5) is 9.18 Å². The van der Waals surface area contributed by atoms with Crippen molar-refractivity contribution in [1.82, 2.24) is 9.80 Å². The molecule has 1 unspecified atom stereocenters. The van der Waals surface area contributed by atoms with Gasteiger partial charge in [0.2, 0.25) is 0 Å². The number of rotatable bonds is 0. The Hall–Kier alpha value is -1.54. The summed E-state index contributed by atoms with van der Waals surface area (Å²) in [6.07, 6.45) is 0.117. The standard InChI is InChI=1S/C18H21BrClFN2O4/c1-18(2,3)27-17(25)22-5-6-23-10(9-22)4-7-26-15-11(16(23)24)8-12(21)13(19)14(15)20/h8,10H,4-7,9H2,1-3H3. The number of carbonyl (C=O) groups excluding carboxylic acids is 2. The Labute approximate surface area is 170 Å². The van der Waals surface area contributed by atoms with Crippen molar-refractivity contribution in [1.29, 1.82) is 0 Å². The van der Waals surface area contributed by atoms with Gasteiger partial charge in [0.1, 0.15) is 16.4 Å². The summed E-state index contributed by atoms with van der Waals surface area (Å²) >= 11 is 9.23. The average molecular weight is 464 g/mol. The lowest BCUT2D eigenvalue weighted by atomic mass is 10.0. The van der Waals surface area contributed by atoms with Gasteiger partial charge in [0.15, 0.2) is 5.75 Å². The lowest BCUT2D eigenvalue weighted by Crippen LogP contribution is -2.58. The van der Waals surface area contributed by atoms with Crippen LogP contribution in [-0.2, 0) is 4.74 Å². The summed E-state index contributed by atoms with van der Waals surface area (Å²) in [6, 6.07) is 0.897. The third-order valence-corrected chi connectivity index (χ3v) is 5.80. The summed E-state index contributed by atoms with van der Waals surface area (Å²) in [7, 11) is 0. The number of benzene rings is 1. The molecule has 148 valence electrons. The monoisotopic (exact) mass is 462 g/mol. The van der Waals surface area contributed by atoms with Crippen molar-refractivity contribution in [3.8, 4) is 5.75 Å². The van der Waals surface area contributed by atoms with Crippen LogP contribution in [0.3, 0.4) is 0 Å². The zero-order valence-electron chi connectivity index (χ0n) is 15.4. The van der Waals surface area contributed by atoms with Crippen molar-refractivity contribution in [2.45, 2.75) is 38.8 Å². The van der Waals surface area contributed by atoms with Crippen molar-refractivity contribution in [3.05, 3.63) is 26.9 Å². The number of nitrogens with zero attached hydrogens (tertiary/aromatic N) is 2. The van der Waals surface area contributed by atoms with Gasteiger partial charge in [0, 0.05) is 26.1 Å². The zero-order chi connectivity index (χ0) is 19.9. The van der Waals surface area contributed by atoms with Gasteiger partial charge in [-0.1, -0.05) is 11.6 Å². The number of hydrogen-bond acceptors (Lipinski definition) is 4. The number of hydrogen-bond donors (Lipinski definition) is 0. The minimum absolute atomic E-state index is 0.0455. The van der Waals surface area contributed by atoms with Crippen LogP contribution in [-0.4, -0.2) is 59.7 Å². The van der Waals surface area contributed by atoms with Crippen LogP contribution in [0.5, 0.6) is 5.75 Å². The van der Waals surface area contributed by atoms with E-state index in [2.05, 4.69) is 15.9 Å². The molecule has 1 aromatic carbocycles. The fourth-order valence-corrected chi connectivity index (χ4v) is 3.73. The Morgan fingerprint density at radius 1 is 1.41 bits per heavy atom. The van der Waals surface area contributed by atoms with Crippen molar-refractivity contribution in [2.24, 2.45) is 0 Å². The Balaban J connectivity index is 1.83. The van der Waals surface area contributed by atoms with E-state index < -0.39 is 17.5 Å². The first kappa shape index (κ1) is 20.2. The predicted molar refractivity (Wildman–Crippen MR) is 102 cm³/mol. The maximum Gasteiger partial charge on any atom is 0.410 e. The third-order valence-electron chi connectivity index (χ3n) is 4.44. The first-order valence-electron chi connectivity index (χ1n) is 8.67. The van der Waals surface area contributed by atoms with Crippen LogP contribution in [0.1, 0.15) is 37.6 Å². The molecule has 0 spiro atoms. The molecule has 0 aromatic heterocycles. The van der Waals surface area contributed by atoms with E-state index in [0.717, 1.165) is 6.07 Å². The topological polar surface area (TPSA) is 59.1 Å². The van der Waals surface area contributed by atoms with Gasteiger partial charge in [-0.25, -0.2) is 9.18 Å². The summed E-state index contributed by atoms with van der Waals surface area (Å²) in [4.78, 5) is 28.6. The highest BCUT2D eigenvalue weighted by molar-refractivity contribution is 9.10. The molecule has 9 heteroatoms. The molecule has 2 heterocycles. The quantitative estimate of drug-likeness (QED) is 0.544.